The van der Waals surface area contributed by atoms with Crippen molar-refractivity contribution in [3.63, 3.8) is 0 Å². The molecule has 0 radical (unpaired) electrons. The lowest BCUT2D eigenvalue weighted by molar-refractivity contribution is -0.385. The molecule has 1 aromatic heterocycles. The van der Waals surface area contributed by atoms with Crippen molar-refractivity contribution in [1.82, 2.24) is 4.57 Å². The summed E-state index contributed by atoms with van der Waals surface area (Å²) in [6.07, 6.45) is 1.40. The third-order valence-electron chi connectivity index (χ3n) is 2.91. The van der Waals surface area contributed by atoms with Gasteiger partial charge in [0.15, 0.2) is 0 Å². The number of ether oxygens (including phenoxy) is 2. The van der Waals surface area contributed by atoms with Gasteiger partial charge in [-0.05, 0) is 18.2 Å². The van der Waals surface area contributed by atoms with Crippen molar-refractivity contribution < 1.29 is 19.2 Å². The Balaban J connectivity index is 2.33. The van der Waals surface area contributed by atoms with Crippen LogP contribution in [0.4, 0.5) is 5.69 Å². The number of nitrogens with zero attached hydrogens (tertiary/aromatic N) is 2. The summed E-state index contributed by atoms with van der Waals surface area (Å²) >= 11 is 0. The number of esters is 1. The number of methoxy groups -OCH3 is 1. The second-order valence-electron chi connectivity index (χ2n) is 4.34. The van der Waals surface area contributed by atoms with E-state index in [1.165, 1.54) is 43.1 Å². The van der Waals surface area contributed by atoms with Gasteiger partial charge in [0.05, 0.1) is 23.7 Å². The summed E-state index contributed by atoms with van der Waals surface area (Å²) in [5.41, 5.74) is -0.788. The van der Waals surface area contributed by atoms with E-state index in [9.17, 15) is 19.7 Å². The number of benzene rings is 1. The summed E-state index contributed by atoms with van der Waals surface area (Å²) in [4.78, 5) is 33.8. The zero-order valence-corrected chi connectivity index (χ0v) is 11.8. The number of nitro groups is 1. The SMILES string of the molecule is COc1ccc(OC(=O)c2ccn(C)c(=O)c2)c([N+](=O)[O-])c1. The van der Waals surface area contributed by atoms with Crippen molar-refractivity contribution in [3.8, 4) is 11.5 Å². The van der Waals surface area contributed by atoms with Crippen LogP contribution in [-0.2, 0) is 7.05 Å². The highest BCUT2D eigenvalue weighted by Gasteiger charge is 2.20. The number of hydrogen-bond donors (Lipinski definition) is 0. The van der Waals surface area contributed by atoms with Crippen LogP contribution in [0.5, 0.6) is 11.5 Å². The molecule has 0 amide bonds. The maximum atomic E-state index is 12.0. The highest BCUT2D eigenvalue weighted by molar-refractivity contribution is 5.91. The molecule has 0 spiro atoms. The monoisotopic (exact) mass is 304 g/mol. The number of carbonyl (C=O) groups excluding carboxylic acids is 1. The molecule has 0 aliphatic rings. The summed E-state index contributed by atoms with van der Waals surface area (Å²) in [6.45, 7) is 0. The van der Waals surface area contributed by atoms with Crippen LogP contribution in [0.3, 0.4) is 0 Å². The van der Waals surface area contributed by atoms with E-state index in [0.29, 0.717) is 0 Å². The minimum absolute atomic E-state index is 0.00761. The minimum atomic E-state index is -0.856. The predicted octanol–water partition coefficient (Wildman–Crippen LogP) is 1.52. The molecule has 0 fully saturated rings. The lowest BCUT2D eigenvalue weighted by Gasteiger charge is -2.07. The Kier molecular flexibility index (Phi) is 4.21. The normalized spacial score (nSPS) is 10.1. The number of pyridine rings is 1. The molecule has 0 atom stereocenters. The summed E-state index contributed by atoms with van der Waals surface area (Å²) in [5, 5.41) is 11.0. The van der Waals surface area contributed by atoms with Crippen LogP contribution < -0.4 is 15.0 Å². The van der Waals surface area contributed by atoms with E-state index in [2.05, 4.69) is 0 Å². The molecule has 0 unspecified atom stereocenters. The van der Waals surface area contributed by atoms with Gasteiger partial charge >= 0.3 is 11.7 Å². The molecule has 0 aliphatic carbocycles. The van der Waals surface area contributed by atoms with Crippen LogP contribution >= 0.6 is 0 Å². The lowest BCUT2D eigenvalue weighted by Crippen LogP contribution is -2.19. The van der Waals surface area contributed by atoms with Crippen molar-refractivity contribution in [2.75, 3.05) is 7.11 Å². The topological polar surface area (TPSA) is 101 Å². The van der Waals surface area contributed by atoms with Gasteiger partial charge in [-0.3, -0.25) is 14.9 Å². The first-order valence-corrected chi connectivity index (χ1v) is 6.13. The maximum absolute atomic E-state index is 12.0. The molecular weight excluding hydrogens is 292 g/mol. The Morgan fingerprint density at radius 1 is 1.27 bits per heavy atom. The fourth-order valence-corrected chi connectivity index (χ4v) is 1.69. The molecule has 1 heterocycles. The molecule has 1 aromatic carbocycles. The fraction of sp³-hybridized carbons (Fsp3) is 0.143. The molecule has 22 heavy (non-hydrogen) atoms. The fourth-order valence-electron chi connectivity index (χ4n) is 1.69. The molecule has 2 aromatic rings. The van der Waals surface area contributed by atoms with E-state index in [-0.39, 0.29) is 17.1 Å². The van der Waals surface area contributed by atoms with Crippen LogP contribution in [0.15, 0.2) is 41.3 Å². The van der Waals surface area contributed by atoms with Crippen molar-refractivity contribution in [3.05, 3.63) is 62.6 Å². The summed E-state index contributed by atoms with van der Waals surface area (Å²) in [7, 11) is 2.90. The molecular formula is C14H12N2O6. The third kappa shape index (κ3) is 3.11. The first-order valence-electron chi connectivity index (χ1n) is 6.13. The van der Waals surface area contributed by atoms with Gasteiger partial charge in [0.1, 0.15) is 5.75 Å². The number of aromatic nitrogens is 1. The van der Waals surface area contributed by atoms with E-state index in [0.717, 1.165) is 12.1 Å². The number of hydrogen-bond acceptors (Lipinski definition) is 6. The van der Waals surface area contributed by atoms with Crippen LogP contribution in [0.2, 0.25) is 0 Å². The van der Waals surface area contributed by atoms with E-state index in [1.807, 2.05) is 0 Å². The second kappa shape index (κ2) is 6.08. The van der Waals surface area contributed by atoms with Gasteiger partial charge in [0.2, 0.25) is 5.75 Å². The van der Waals surface area contributed by atoms with E-state index >= 15 is 0 Å². The Labute approximate surface area is 124 Å². The largest absolute Gasteiger partial charge is 0.496 e. The number of rotatable bonds is 4. The van der Waals surface area contributed by atoms with Gasteiger partial charge in [-0.25, -0.2) is 4.79 Å². The summed E-state index contributed by atoms with van der Waals surface area (Å²) in [6, 6.07) is 6.32. The van der Waals surface area contributed by atoms with Crippen LogP contribution in [0.1, 0.15) is 10.4 Å². The number of carbonyl (C=O) groups is 1. The highest BCUT2D eigenvalue weighted by atomic mass is 16.6. The van der Waals surface area contributed by atoms with Gasteiger partial charge in [-0.15, -0.1) is 0 Å². The smallest absolute Gasteiger partial charge is 0.344 e. The molecule has 8 nitrogen and oxygen atoms in total. The van der Waals surface area contributed by atoms with Crippen molar-refractivity contribution >= 4 is 11.7 Å². The van der Waals surface area contributed by atoms with Gasteiger partial charge in [0.25, 0.3) is 5.56 Å². The van der Waals surface area contributed by atoms with E-state index in [1.54, 1.807) is 0 Å². The minimum Gasteiger partial charge on any atom is -0.496 e. The predicted molar refractivity (Wildman–Crippen MR) is 76.3 cm³/mol. The Morgan fingerprint density at radius 2 is 2.00 bits per heavy atom. The molecule has 2 rings (SSSR count). The highest BCUT2D eigenvalue weighted by Crippen LogP contribution is 2.31. The Bertz CT molecular complexity index is 796. The van der Waals surface area contributed by atoms with Crippen LogP contribution in [0.25, 0.3) is 0 Å². The zero-order chi connectivity index (χ0) is 16.3. The summed E-state index contributed by atoms with van der Waals surface area (Å²) < 4.78 is 11.2. The molecule has 0 bridgehead atoms. The lowest BCUT2D eigenvalue weighted by atomic mass is 10.2. The van der Waals surface area contributed by atoms with Gasteiger partial charge in [0, 0.05) is 19.3 Å². The molecule has 0 aliphatic heterocycles. The molecule has 8 heteroatoms. The van der Waals surface area contributed by atoms with Crippen LogP contribution in [0, 0.1) is 10.1 Å². The van der Waals surface area contributed by atoms with Crippen LogP contribution in [-0.4, -0.2) is 22.6 Å². The van der Waals surface area contributed by atoms with E-state index in [4.69, 9.17) is 9.47 Å². The quantitative estimate of drug-likeness (QED) is 0.367. The average molecular weight is 304 g/mol. The van der Waals surface area contributed by atoms with Gasteiger partial charge < -0.3 is 14.0 Å². The van der Waals surface area contributed by atoms with Gasteiger partial charge in [-0.1, -0.05) is 0 Å². The first kappa shape index (κ1) is 15.2. The van der Waals surface area contributed by atoms with Crippen molar-refractivity contribution in [1.29, 1.82) is 0 Å². The van der Waals surface area contributed by atoms with E-state index < -0.39 is 22.1 Å². The Hall–Kier alpha value is -3.16. The maximum Gasteiger partial charge on any atom is 0.344 e. The first-order chi connectivity index (χ1) is 10.4. The van der Waals surface area contributed by atoms with Crippen molar-refractivity contribution in [2.24, 2.45) is 7.05 Å². The third-order valence-corrected chi connectivity index (χ3v) is 2.91. The number of aryl methyl sites for hydroxylation is 1. The number of nitro benzene ring substituents is 1. The zero-order valence-electron chi connectivity index (χ0n) is 11.8. The van der Waals surface area contributed by atoms with Gasteiger partial charge in [-0.2, -0.15) is 0 Å². The second-order valence-corrected chi connectivity index (χ2v) is 4.34. The summed E-state index contributed by atoms with van der Waals surface area (Å²) in [5.74, 6) is -0.817. The molecule has 0 saturated heterocycles. The molecule has 114 valence electrons. The molecule has 0 N–H and O–H groups in total. The Morgan fingerprint density at radius 3 is 2.59 bits per heavy atom. The van der Waals surface area contributed by atoms with Crippen molar-refractivity contribution in [2.45, 2.75) is 0 Å². The standard InChI is InChI=1S/C14H12N2O6/c1-15-6-5-9(7-13(15)17)14(18)22-12-4-3-10(21-2)8-11(12)16(19)20/h3-8H,1-2H3. The average Bonchev–Trinajstić information content (AvgIpc) is 2.50. The molecule has 0 saturated carbocycles.